The van der Waals surface area contributed by atoms with E-state index >= 15 is 0 Å². The SMILES string of the molecule is CC(C)CNC(=O)[C@@H](C)N(Cc1ccc(Cl)c(Cl)c1)C(=O)COc1ccccc1F. The summed E-state index contributed by atoms with van der Waals surface area (Å²) in [4.78, 5) is 26.9. The van der Waals surface area contributed by atoms with Crippen LogP contribution in [0.1, 0.15) is 26.3 Å². The Balaban J connectivity index is 2.18. The molecule has 0 unspecified atom stereocenters. The number of ether oxygens (including phenoxy) is 1. The molecule has 2 rings (SSSR count). The highest BCUT2D eigenvalue weighted by Crippen LogP contribution is 2.24. The molecular weight excluding hydrogens is 430 g/mol. The minimum atomic E-state index is -0.769. The van der Waals surface area contributed by atoms with Crippen LogP contribution in [0.2, 0.25) is 10.0 Å². The highest BCUT2D eigenvalue weighted by Gasteiger charge is 2.27. The predicted molar refractivity (Wildman–Crippen MR) is 116 cm³/mol. The Labute approximate surface area is 186 Å². The van der Waals surface area contributed by atoms with Crippen LogP contribution >= 0.6 is 23.2 Å². The summed E-state index contributed by atoms with van der Waals surface area (Å²) in [6, 6.07) is 10.0. The molecule has 0 fully saturated rings. The number of carbonyl (C=O) groups excluding carboxylic acids is 2. The highest BCUT2D eigenvalue weighted by atomic mass is 35.5. The maximum Gasteiger partial charge on any atom is 0.261 e. The summed E-state index contributed by atoms with van der Waals surface area (Å²) in [5.41, 5.74) is 0.701. The third kappa shape index (κ3) is 6.89. The summed E-state index contributed by atoms with van der Waals surface area (Å²) in [5.74, 6) is -1.08. The molecule has 1 atom stereocenters. The predicted octanol–water partition coefficient (Wildman–Crippen LogP) is 4.70. The van der Waals surface area contributed by atoms with Crippen molar-refractivity contribution in [3.8, 4) is 5.75 Å². The summed E-state index contributed by atoms with van der Waals surface area (Å²) in [6.45, 7) is 5.78. The van der Waals surface area contributed by atoms with Gasteiger partial charge in [0, 0.05) is 13.1 Å². The lowest BCUT2D eigenvalue weighted by molar-refractivity contribution is -0.142. The van der Waals surface area contributed by atoms with Crippen LogP contribution in [0, 0.1) is 11.7 Å². The molecule has 0 heterocycles. The van der Waals surface area contributed by atoms with Crippen molar-refractivity contribution in [2.24, 2.45) is 5.92 Å². The number of halogens is 3. The Morgan fingerprint density at radius 2 is 1.80 bits per heavy atom. The fourth-order valence-electron chi connectivity index (χ4n) is 2.65. The standard InChI is InChI=1S/C22H25Cl2FN2O3/c1-14(2)11-26-22(29)15(3)27(12-16-8-9-17(23)18(24)10-16)21(28)13-30-20-7-5-4-6-19(20)25/h4-10,14-15H,11-13H2,1-3H3,(H,26,29)/t15-/m1/s1. The number of hydrogen-bond donors (Lipinski definition) is 1. The van der Waals surface area contributed by atoms with Crippen molar-refractivity contribution in [3.63, 3.8) is 0 Å². The van der Waals surface area contributed by atoms with E-state index in [9.17, 15) is 14.0 Å². The summed E-state index contributed by atoms with van der Waals surface area (Å²) in [7, 11) is 0. The van der Waals surface area contributed by atoms with E-state index in [1.54, 1.807) is 31.2 Å². The number of carbonyl (C=O) groups is 2. The van der Waals surface area contributed by atoms with E-state index in [1.807, 2.05) is 13.8 Å². The number of nitrogens with zero attached hydrogens (tertiary/aromatic N) is 1. The summed E-state index contributed by atoms with van der Waals surface area (Å²) >= 11 is 12.0. The first-order valence-corrected chi connectivity index (χ1v) is 10.3. The maximum absolute atomic E-state index is 13.8. The van der Waals surface area contributed by atoms with Crippen LogP contribution in [0.3, 0.4) is 0 Å². The van der Waals surface area contributed by atoms with Crippen LogP contribution in [-0.2, 0) is 16.1 Å². The van der Waals surface area contributed by atoms with Gasteiger partial charge in [0.25, 0.3) is 5.91 Å². The quantitative estimate of drug-likeness (QED) is 0.597. The fraction of sp³-hybridized carbons (Fsp3) is 0.364. The topological polar surface area (TPSA) is 58.6 Å². The first-order valence-electron chi connectivity index (χ1n) is 9.57. The lowest BCUT2D eigenvalue weighted by Crippen LogP contribution is -2.49. The summed E-state index contributed by atoms with van der Waals surface area (Å²) in [5, 5.41) is 3.57. The second-order valence-corrected chi connectivity index (χ2v) is 8.12. The monoisotopic (exact) mass is 454 g/mol. The Morgan fingerprint density at radius 3 is 2.43 bits per heavy atom. The lowest BCUT2D eigenvalue weighted by atomic mass is 10.1. The van der Waals surface area contributed by atoms with E-state index in [2.05, 4.69) is 5.32 Å². The van der Waals surface area contributed by atoms with E-state index in [0.29, 0.717) is 22.2 Å². The lowest BCUT2D eigenvalue weighted by Gasteiger charge is -2.29. The van der Waals surface area contributed by atoms with Gasteiger partial charge >= 0.3 is 0 Å². The number of para-hydroxylation sites is 1. The average Bonchev–Trinajstić information content (AvgIpc) is 2.71. The van der Waals surface area contributed by atoms with Crippen molar-refractivity contribution in [2.45, 2.75) is 33.4 Å². The van der Waals surface area contributed by atoms with Crippen molar-refractivity contribution in [3.05, 3.63) is 63.9 Å². The second-order valence-electron chi connectivity index (χ2n) is 7.30. The Morgan fingerprint density at radius 1 is 1.10 bits per heavy atom. The molecule has 1 N–H and O–H groups in total. The molecule has 162 valence electrons. The molecule has 8 heteroatoms. The van der Waals surface area contributed by atoms with Gasteiger partial charge in [-0.05, 0) is 42.7 Å². The molecule has 0 aliphatic rings. The van der Waals surface area contributed by atoms with Gasteiger partial charge in [0.15, 0.2) is 18.2 Å². The largest absolute Gasteiger partial charge is 0.481 e. The van der Waals surface area contributed by atoms with Crippen LogP contribution in [0.25, 0.3) is 0 Å². The smallest absolute Gasteiger partial charge is 0.261 e. The minimum Gasteiger partial charge on any atom is -0.481 e. The van der Waals surface area contributed by atoms with Gasteiger partial charge in [-0.25, -0.2) is 4.39 Å². The Bertz CT molecular complexity index is 892. The molecule has 0 saturated heterocycles. The molecule has 0 spiro atoms. The van der Waals surface area contributed by atoms with Gasteiger partial charge in [0.05, 0.1) is 10.0 Å². The van der Waals surface area contributed by atoms with Crippen LogP contribution < -0.4 is 10.1 Å². The van der Waals surface area contributed by atoms with Gasteiger partial charge in [-0.15, -0.1) is 0 Å². The number of rotatable bonds is 9. The van der Waals surface area contributed by atoms with Crippen LogP contribution in [-0.4, -0.2) is 35.9 Å². The van der Waals surface area contributed by atoms with Crippen molar-refractivity contribution in [1.29, 1.82) is 0 Å². The summed E-state index contributed by atoms with van der Waals surface area (Å²) in [6.07, 6.45) is 0. The highest BCUT2D eigenvalue weighted by molar-refractivity contribution is 6.42. The molecule has 0 aliphatic carbocycles. The first-order chi connectivity index (χ1) is 14.2. The van der Waals surface area contributed by atoms with Gasteiger partial charge in [-0.2, -0.15) is 0 Å². The Hall–Kier alpha value is -2.31. The number of hydrogen-bond acceptors (Lipinski definition) is 3. The summed E-state index contributed by atoms with van der Waals surface area (Å²) < 4.78 is 19.1. The third-order valence-corrected chi connectivity index (χ3v) is 5.12. The van der Waals surface area contributed by atoms with Crippen molar-refractivity contribution >= 4 is 35.0 Å². The zero-order valence-corrected chi connectivity index (χ0v) is 18.6. The molecule has 30 heavy (non-hydrogen) atoms. The van der Waals surface area contributed by atoms with Crippen LogP contribution in [0.4, 0.5) is 4.39 Å². The molecule has 2 aromatic carbocycles. The number of nitrogens with one attached hydrogen (secondary N) is 1. The zero-order chi connectivity index (χ0) is 22.3. The van der Waals surface area contributed by atoms with Gasteiger partial charge in [-0.1, -0.05) is 55.2 Å². The third-order valence-electron chi connectivity index (χ3n) is 4.38. The number of benzene rings is 2. The van der Waals surface area contributed by atoms with Crippen LogP contribution in [0.15, 0.2) is 42.5 Å². The van der Waals surface area contributed by atoms with E-state index in [0.717, 1.165) is 0 Å². The maximum atomic E-state index is 13.8. The van der Waals surface area contributed by atoms with Gasteiger partial charge in [0.1, 0.15) is 6.04 Å². The zero-order valence-electron chi connectivity index (χ0n) is 17.1. The second kappa shape index (κ2) is 11.2. The average molecular weight is 455 g/mol. The minimum absolute atomic E-state index is 0.0303. The molecule has 2 amide bonds. The molecule has 0 aliphatic heterocycles. The van der Waals surface area contributed by atoms with Crippen LogP contribution in [0.5, 0.6) is 5.75 Å². The normalized spacial score (nSPS) is 11.8. The Kier molecular flexibility index (Phi) is 8.93. The van der Waals surface area contributed by atoms with Crippen molar-refractivity contribution in [1.82, 2.24) is 10.2 Å². The molecule has 0 aromatic heterocycles. The molecule has 0 saturated carbocycles. The van der Waals surface area contributed by atoms with E-state index < -0.39 is 24.4 Å². The molecular formula is C22H25Cl2FN2O3. The molecule has 0 radical (unpaired) electrons. The number of amides is 2. The van der Waals surface area contributed by atoms with Gasteiger partial charge in [0.2, 0.25) is 5.91 Å². The molecule has 0 bridgehead atoms. The van der Waals surface area contributed by atoms with E-state index in [1.165, 1.54) is 23.1 Å². The molecule has 5 nitrogen and oxygen atoms in total. The first kappa shape index (κ1) is 24.0. The van der Waals surface area contributed by atoms with Crippen molar-refractivity contribution in [2.75, 3.05) is 13.2 Å². The van der Waals surface area contributed by atoms with Crippen molar-refractivity contribution < 1.29 is 18.7 Å². The van der Waals surface area contributed by atoms with Gasteiger partial charge in [-0.3, -0.25) is 9.59 Å². The van der Waals surface area contributed by atoms with Gasteiger partial charge < -0.3 is 15.0 Å². The van der Waals surface area contributed by atoms with E-state index in [-0.39, 0.29) is 24.1 Å². The van der Waals surface area contributed by atoms with E-state index in [4.69, 9.17) is 27.9 Å². The molecule has 2 aromatic rings. The fourth-order valence-corrected chi connectivity index (χ4v) is 2.97.